The van der Waals surface area contributed by atoms with E-state index in [1.54, 1.807) is 0 Å². The van der Waals surface area contributed by atoms with Gasteiger partial charge in [-0.25, -0.2) is 0 Å². The molecule has 66 valence electrons. The van der Waals surface area contributed by atoms with Gasteiger partial charge in [-0.05, 0) is 48.3 Å². The van der Waals surface area contributed by atoms with Crippen LogP contribution in [-0.4, -0.2) is 0 Å². The van der Waals surface area contributed by atoms with Crippen LogP contribution in [0, 0.1) is 35.5 Å². The van der Waals surface area contributed by atoms with E-state index in [0.29, 0.717) is 0 Å². The quantitative estimate of drug-likeness (QED) is 0.480. The summed E-state index contributed by atoms with van der Waals surface area (Å²) in [6, 6.07) is 0. The van der Waals surface area contributed by atoms with Crippen molar-refractivity contribution in [2.75, 3.05) is 0 Å². The fourth-order valence-electron chi connectivity index (χ4n) is 4.47. The third-order valence-corrected chi connectivity index (χ3v) is 4.84. The maximum absolute atomic E-state index is 2.52. The molecule has 0 amide bonds. The van der Waals surface area contributed by atoms with Crippen molar-refractivity contribution in [1.29, 1.82) is 0 Å². The molecule has 0 radical (unpaired) electrons. The van der Waals surface area contributed by atoms with Gasteiger partial charge in [-0.15, -0.1) is 0 Å². The van der Waals surface area contributed by atoms with Gasteiger partial charge in [0.2, 0.25) is 0 Å². The van der Waals surface area contributed by atoms with Crippen LogP contribution in [0.2, 0.25) is 0 Å². The minimum Gasteiger partial charge on any atom is -0.0879 e. The summed E-state index contributed by atoms with van der Waals surface area (Å²) in [6.07, 6.45) is 7.86. The first-order chi connectivity index (χ1) is 5.79. The minimum atomic E-state index is 0.980. The zero-order chi connectivity index (χ0) is 8.29. The van der Waals surface area contributed by atoms with E-state index in [2.05, 4.69) is 26.0 Å². The molecule has 2 saturated carbocycles. The summed E-state index contributed by atoms with van der Waals surface area (Å²) in [6.45, 7) is 4.95. The fourth-order valence-corrected chi connectivity index (χ4v) is 4.47. The summed E-state index contributed by atoms with van der Waals surface area (Å²) < 4.78 is 0. The molecule has 0 N–H and O–H groups in total. The van der Waals surface area contributed by atoms with Crippen molar-refractivity contribution >= 4 is 0 Å². The number of allylic oxidation sites excluding steroid dienone is 2. The standard InChI is InChI=1S/C12H18/c1-7-6-11-8(2)12(7)10-5-3-4-9(10)11/h3,5,7-12H,4,6H2,1-2H3. The summed E-state index contributed by atoms with van der Waals surface area (Å²) in [4.78, 5) is 0. The highest BCUT2D eigenvalue weighted by Gasteiger charge is 2.55. The third-order valence-electron chi connectivity index (χ3n) is 4.84. The lowest BCUT2D eigenvalue weighted by Crippen LogP contribution is -2.22. The van der Waals surface area contributed by atoms with Crippen molar-refractivity contribution in [1.82, 2.24) is 0 Å². The van der Waals surface area contributed by atoms with E-state index >= 15 is 0 Å². The Bertz CT molecular complexity index is 228. The van der Waals surface area contributed by atoms with Crippen LogP contribution in [0.3, 0.4) is 0 Å². The Kier molecular flexibility index (Phi) is 1.29. The molecule has 0 saturated heterocycles. The number of fused-ring (bicyclic) bond motifs is 5. The van der Waals surface area contributed by atoms with Gasteiger partial charge in [0.1, 0.15) is 0 Å². The van der Waals surface area contributed by atoms with Crippen LogP contribution < -0.4 is 0 Å². The second-order valence-corrected chi connectivity index (χ2v) is 5.22. The summed E-state index contributed by atoms with van der Waals surface area (Å²) in [7, 11) is 0. The van der Waals surface area contributed by atoms with Gasteiger partial charge in [-0.3, -0.25) is 0 Å². The highest BCUT2D eigenvalue weighted by atomic mass is 14.6. The largest absolute Gasteiger partial charge is 0.0879 e. The molecule has 0 nitrogen and oxygen atoms in total. The molecule has 0 aromatic rings. The van der Waals surface area contributed by atoms with E-state index in [4.69, 9.17) is 0 Å². The lowest BCUT2D eigenvalue weighted by molar-refractivity contribution is 0.224. The van der Waals surface area contributed by atoms with Crippen molar-refractivity contribution < 1.29 is 0 Å². The average molecular weight is 162 g/mol. The van der Waals surface area contributed by atoms with Gasteiger partial charge in [0.05, 0.1) is 0 Å². The molecular weight excluding hydrogens is 144 g/mol. The van der Waals surface area contributed by atoms with Crippen molar-refractivity contribution in [2.24, 2.45) is 35.5 Å². The van der Waals surface area contributed by atoms with E-state index in [9.17, 15) is 0 Å². The van der Waals surface area contributed by atoms with Crippen molar-refractivity contribution in [3.63, 3.8) is 0 Å². The van der Waals surface area contributed by atoms with Gasteiger partial charge in [0.25, 0.3) is 0 Å². The predicted molar refractivity (Wildman–Crippen MR) is 50.7 cm³/mol. The molecule has 0 aromatic carbocycles. The van der Waals surface area contributed by atoms with Gasteiger partial charge in [0.15, 0.2) is 0 Å². The Morgan fingerprint density at radius 2 is 2.00 bits per heavy atom. The van der Waals surface area contributed by atoms with E-state index in [1.807, 2.05) is 0 Å². The fraction of sp³-hybridized carbons (Fsp3) is 0.833. The second-order valence-electron chi connectivity index (χ2n) is 5.22. The van der Waals surface area contributed by atoms with Gasteiger partial charge in [-0.1, -0.05) is 26.0 Å². The zero-order valence-electron chi connectivity index (χ0n) is 8.03. The summed E-state index contributed by atoms with van der Waals surface area (Å²) >= 11 is 0. The molecule has 6 atom stereocenters. The highest BCUT2D eigenvalue weighted by Crippen LogP contribution is 2.61. The van der Waals surface area contributed by atoms with E-state index in [0.717, 1.165) is 35.5 Å². The third kappa shape index (κ3) is 0.654. The van der Waals surface area contributed by atoms with Gasteiger partial charge >= 0.3 is 0 Å². The lowest BCUT2D eigenvalue weighted by Gasteiger charge is -2.28. The summed E-state index contributed by atoms with van der Waals surface area (Å²) in [5, 5.41) is 0. The monoisotopic (exact) mass is 162 g/mol. The van der Waals surface area contributed by atoms with Gasteiger partial charge in [0, 0.05) is 0 Å². The summed E-state index contributed by atoms with van der Waals surface area (Å²) in [5.74, 6) is 6.19. The molecular formula is C12H18. The molecule has 3 aliphatic rings. The first kappa shape index (κ1) is 7.17. The van der Waals surface area contributed by atoms with E-state index in [1.165, 1.54) is 12.8 Å². The van der Waals surface area contributed by atoms with Crippen LogP contribution in [-0.2, 0) is 0 Å². The van der Waals surface area contributed by atoms with Crippen LogP contribution in [0.4, 0.5) is 0 Å². The molecule has 12 heavy (non-hydrogen) atoms. The predicted octanol–water partition coefficient (Wildman–Crippen LogP) is 3.10. The molecule has 0 aliphatic heterocycles. The Balaban J connectivity index is 1.98. The van der Waals surface area contributed by atoms with Gasteiger partial charge in [-0.2, -0.15) is 0 Å². The van der Waals surface area contributed by atoms with Crippen LogP contribution >= 0.6 is 0 Å². The number of rotatable bonds is 0. The molecule has 0 heteroatoms. The van der Waals surface area contributed by atoms with Crippen LogP contribution in [0.15, 0.2) is 12.2 Å². The zero-order valence-corrected chi connectivity index (χ0v) is 8.03. The van der Waals surface area contributed by atoms with Crippen LogP contribution in [0.5, 0.6) is 0 Å². The normalized spacial score (nSPS) is 61.2. The Morgan fingerprint density at radius 3 is 2.83 bits per heavy atom. The number of hydrogen-bond acceptors (Lipinski definition) is 0. The molecule has 0 spiro atoms. The number of hydrogen-bond donors (Lipinski definition) is 0. The van der Waals surface area contributed by atoms with Crippen LogP contribution in [0.25, 0.3) is 0 Å². The smallest absolute Gasteiger partial charge is 0.0166 e. The molecule has 2 bridgehead atoms. The highest BCUT2D eigenvalue weighted by molar-refractivity contribution is 5.15. The molecule has 3 rings (SSSR count). The SMILES string of the molecule is CC1CC2C(C)C1C1C=CCC12. The Morgan fingerprint density at radius 1 is 1.17 bits per heavy atom. The Labute approximate surface area is 75.0 Å². The van der Waals surface area contributed by atoms with E-state index < -0.39 is 0 Å². The topological polar surface area (TPSA) is 0 Å². The van der Waals surface area contributed by atoms with Crippen molar-refractivity contribution in [3.8, 4) is 0 Å². The average Bonchev–Trinajstić information content (AvgIpc) is 2.61. The molecule has 0 heterocycles. The molecule has 0 aromatic heterocycles. The van der Waals surface area contributed by atoms with Gasteiger partial charge < -0.3 is 0 Å². The van der Waals surface area contributed by atoms with E-state index in [-0.39, 0.29) is 0 Å². The van der Waals surface area contributed by atoms with Crippen molar-refractivity contribution in [2.45, 2.75) is 26.7 Å². The minimum absolute atomic E-state index is 0.980. The summed E-state index contributed by atoms with van der Waals surface area (Å²) in [5.41, 5.74) is 0. The maximum atomic E-state index is 2.52. The van der Waals surface area contributed by atoms with Crippen LogP contribution in [0.1, 0.15) is 26.7 Å². The lowest BCUT2D eigenvalue weighted by atomic mass is 9.76. The maximum Gasteiger partial charge on any atom is -0.0166 e. The first-order valence-corrected chi connectivity index (χ1v) is 5.45. The molecule has 6 unspecified atom stereocenters. The Hall–Kier alpha value is -0.260. The molecule has 3 aliphatic carbocycles. The first-order valence-electron chi connectivity index (χ1n) is 5.45. The molecule has 2 fully saturated rings. The second kappa shape index (κ2) is 2.16. The van der Waals surface area contributed by atoms with Crippen molar-refractivity contribution in [3.05, 3.63) is 12.2 Å².